The highest BCUT2D eigenvalue weighted by Crippen LogP contribution is 2.25. The molecule has 0 spiro atoms. The molecule has 0 aromatic heterocycles. The van der Waals surface area contributed by atoms with Crippen molar-refractivity contribution in [3.05, 3.63) is 29.8 Å². The van der Waals surface area contributed by atoms with Crippen LogP contribution in [0.2, 0.25) is 0 Å². The third-order valence-corrected chi connectivity index (χ3v) is 4.27. The summed E-state index contributed by atoms with van der Waals surface area (Å²) in [5.41, 5.74) is 2.56. The maximum absolute atomic E-state index is 4.82. The zero-order valence-corrected chi connectivity index (χ0v) is 12.3. The first kappa shape index (κ1) is 13.5. The van der Waals surface area contributed by atoms with Gasteiger partial charge in [0.25, 0.3) is 0 Å². The number of nitrogens with zero attached hydrogens (tertiary/aromatic N) is 1. The first-order chi connectivity index (χ1) is 8.70. The Hall–Kier alpha value is -0.960. The minimum absolute atomic E-state index is 0.475. The van der Waals surface area contributed by atoms with E-state index in [1.165, 1.54) is 23.4 Å². The fourth-order valence-corrected chi connectivity index (χ4v) is 3.09. The molecule has 1 atom stereocenters. The quantitative estimate of drug-likeness (QED) is 0.883. The number of benzene rings is 1. The van der Waals surface area contributed by atoms with E-state index in [1.54, 1.807) is 0 Å². The van der Waals surface area contributed by atoms with Crippen LogP contribution in [0.5, 0.6) is 0 Å². The van der Waals surface area contributed by atoms with Gasteiger partial charge >= 0.3 is 0 Å². The van der Waals surface area contributed by atoms with Gasteiger partial charge in [0.2, 0.25) is 0 Å². The maximum atomic E-state index is 4.82. The number of hydrogen-bond acceptors (Lipinski definition) is 3. The normalized spacial score (nSPS) is 19.8. The molecule has 1 heterocycles. The van der Waals surface area contributed by atoms with Gasteiger partial charge in [-0.25, -0.2) is 0 Å². The standard InChI is InChI=1S/C15H22N2S/c1-4-12-7-5-6-8-14(12)17-15-16-13(11(2)3)9-10-18-15/h5-8,11,13H,4,9-10H2,1-3H3,(H,16,17). The van der Waals surface area contributed by atoms with Crippen LogP contribution in [-0.2, 0) is 6.42 Å². The van der Waals surface area contributed by atoms with Crippen LogP contribution in [0.3, 0.4) is 0 Å². The van der Waals surface area contributed by atoms with E-state index < -0.39 is 0 Å². The van der Waals surface area contributed by atoms with Gasteiger partial charge in [-0.1, -0.05) is 50.7 Å². The fourth-order valence-electron chi connectivity index (χ4n) is 2.15. The molecule has 1 aromatic rings. The number of nitrogens with one attached hydrogen (secondary N) is 1. The molecule has 0 radical (unpaired) electrons. The van der Waals surface area contributed by atoms with Gasteiger partial charge in [-0.2, -0.15) is 0 Å². The minimum Gasteiger partial charge on any atom is -0.335 e. The Morgan fingerprint density at radius 1 is 1.39 bits per heavy atom. The predicted octanol–water partition coefficient (Wildman–Crippen LogP) is 4.18. The van der Waals surface area contributed by atoms with Gasteiger partial charge in [0.1, 0.15) is 0 Å². The van der Waals surface area contributed by atoms with Crippen LogP contribution in [0, 0.1) is 5.92 Å². The summed E-state index contributed by atoms with van der Waals surface area (Å²) in [4.78, 5) is 4.82. The van der Waals surface area contributed by atoms with Gasteiger partial charge in [-0.15, -0.1) is 0 Å². The van der Waals surface area contributed by atoms with E-state index in [-0.39, 0.29) is 0 Å². The van der Waals surface area contributed by atoms with E-state index in [2.05, 4.69) is 50.4 Å². The highest BCUT2D eigenvalue weighted by atomic mass is 32.2. The van der Waals surface area contributed by atoms with Gasteiger partial charge in [-0.05, 0) is 30.4 Å². The van der Waals surface area contributed by atoms with Gasteiger partial charge < -0.3 is 5.32 Å². The molecule has 1 aromatic carbocycles. The highest BCUT2D eigenvalue weighted by Gasteiger charge is 2.18. The Morgan fingerprint density at radius 2 is 2.17 bits per heavy atom. The lowest BCUT2D eigenvalue weighted by Gasteiger charge is -2.23. The molecule has 0 amide bonds. The summed E-state index contributed by atoms with van der Waals surface area (Å²) in [5.74, 6) is 1.80. The number of aryl methyl sites for hydroxylation is 1. The molecule has 1 N–H and O–H groups in total. The van der Waals surface area contributed by atoms with Crippen LogP contribution < -0.4 is 5.32 Å². The Labute approximate surface area is 114 Å². The van der Waals surface area contributed by atoms with E-state index in [0.717, 1.165) is 11.6 Å². The number of hydrogen-bond donors (Lipinski definition) is 1. The third-order valence-electron chi connectivity index (χ3n) is 3.34. The molecule has 2 nitrogen and oxygen atoms in total. The van der Waals surface area contributed by atoms with E-state index in [4.69, 9.17) is 4.99 Å². The lowest BCUT2D eigenvalue weighted by molar-refractivity contribution is 0.485. The van der Waals surface area contributed by atoms with Gasteiger partial charge in [0, 0.05) is 11.4 Å². The van der Waals surface area contributed by atoms with Crippen LogP contribution in [0.25, 0.3) is 0 Å². The fraction of sp³-hybridized carbons (Fsp3) is 0.533. The van der Waals surface area contributed by atoms with Crippen LogP contribution >= 0.6 is 11.8 Å². The average Bonchev–Trinajstić information content (AvgIpc) is 2.39. The molecule has 1 aliphatic rings. The van der Waals surface area contributed by atoms with Gasteiger partial charge in [0.15, 0.2) is 5.17 Å². The zero-order valence-electron chi connectivity index (χ0n) is 11.4. The molecular weight excluding hydrogens is 240 g/mol. The number of amidine groups is 1. The zero-order chi connectivity index (χ0) is 13.0. The number of anilines is 1. The molecule has 3 heteroatoms. The lowest BCUT2D eigenvalue weighted by Crippen LogP contribution is -2.24. The molecule has 2 rings (SSSR count). The van der Waals surface area contributed by atoms with E-state index in [1.807, 2.05) is 11.8 Å². The SMILES string of the molecule is CCc1ccccc1NC1=NC(C(C)C)CCS1. The summed E-state index contributed by atoms with van der Waals surface area (Å²) in [7, 11) is 0. The predicted molar refractivity (Wildman–Crippen MR) is 82.6 cm³/mol. The van der Waals surface area contributed by atoms with Crippen molar-refractivity contribution in [2.24, 2.45) is 10.9 Å². The number of para-hydroxylation sites is 1. The third kappa shape index (κ3) is 3.29. The van der Waals surface area contributed by atoms with Crippen LogP contribution in [0.15, 0.2) is 29.3 Å². The summed E-state index contributed by atoms with van der Waals surface area (Å²) in [5, 5.41) is 4.58. The van der Waals surface area contributed by atoms with Crippen molar-refractivity contribution in [1.82, 2.24) is 0 Å². The number of aliphatic imine (C=N–C) groups is 1. The topological polar surface area (TPSA) is 24.4 Å². The first-order valence-electron chi connectivity index (χ1n) is 6.76. The Balaban J connectivity index is 2.13. The van der Waals surface area contributed by atoms with Crippen LogP contribution in [0.1, 0.15) is 32.8 Å². The first-order valence-corrected chi connectivity index (χ1v) is 7.74. The molecule has 0 aliphatic carbocycles. The average molecular weight is 262 g/mol. The molecule has 98 valence electrons. The largest absolute Gasteiger partial charge is 0.335 e. The lowest BCUT2D eigenvalue weighted by atomic mass is 10.0. The van der Waals surface area contributed by atoms with Crippen LogP contribution in [0.4, 0.5) is 5.69 Å². The van der Waals surface area contributed by atoms with Gasteiger partial charge in [0.05, 0.1) is 6.04 Å². The minimum atomic E-state index is 0.475. The van der Waals surface area contributed by atoms with E-state index >= 15 is 0 Å². The second-order valence-electron chi connectivity index (χ2n) is 5.02. The van der Waals surface area contributed by atoms with Crippen LogP contribution in [-0.4, -0.2) is 17.0 Å². The molecule has 18 heavy (non-hydrogen) atoms. The van der Waals surface area contributed by atoms with E-state index in [9.17, 15) is 0 Å². The second kappa shape index (κ2) is 6.28. The van der Waals surface area contributed by atoms with Crippen molar-refractivity contribution in [3.8, 4) is 0 Å². The molecule has 0 saturated carbocycles. The van der Waals surface area contributed by atoms with Gasteiger partial charge in [-0.3, -0.25) is 4.99 Å². The summed E-state index contributed by atoms with van der Waals surface area (Å²) in [6, 6.07) is 8.96. The molecular formula is C15H22N2S. The van der Waals surface area contributed by atoms with Crippen molar-refractivity contribution in [2.75, 3.05) is 11.1 Å². The molecule has 1 unspecified atom stereocenters. The number of rotatable bonds is 3. The summed E-state index contributed by atoms with van der Waals surface area (Å²) in [6.07, 6.45) is 2.25. The maximum Gasteiger partial charge on any atom is 0.161 e. The smallest absolute Gasteiger partial charge is 0.161 e. The Morgan fingerprint density at radius 3 is 2.89 bits per heavy atom. The summed E-state index contributed by atoms with van der Waals surface area (Å²) < 4.78 is 0. The van der Waals surface area contributed by atoms with Crippen molar-refractivity contribution >= 4 is 22.6 Å². The Kier molecular flexibility index (Phi) is 4.70. The summed E-state index contributed by atoms with van der Waals surface area (Å²) >= 11 is 1.84. The highest BCUT2D eigenvalue weighted by molar-refractivity contribution is 8.14. The van der Waals surface area contributed by atoms with Crippen molar-refractivity contribution in [3.63, 3.8) is 0 Å². The number of thioether (sulfide) groups is 1. The molecule has 0 saturated heterocycles. The molecule has 0 bridgehead atoms. The second-order valence-corrected chi connectivity index (χ2v) is 6.10. The summed E-state index contributed by atoms with van der Waals surface area (Å²) in [6.45, 7) is 6.69. The van der Waals surface area contributed by atoms with Crippen molar-refractivity contribution in [1.29, 1.82) is 0 Å². The molecule has 0 fully saturated rings. The van der Waals surface area contributed by atoms with Crippen molar-refractivity contribution < 1.29 is 0 Å². The van der Waals surface area contributed by atoms with E-state index in [0.29, 0.717) is 12.0 Å². The molecule has 1 aliphatic heterocycles. The van der Waals surface area contributed by atoms with Crippen molar-refractivity contribution in [2.45, 2.75) is 39.7 Å². The monoisotopic (exact) mass is 262 g/mol. The Bertz CT molecular complexity index is 426.